The third-order valence-corrected chi connectivity index (χ3v) is 3.79. The van der Waals surface area contributed by atoms with Crippen molar-refractivity contribution in [2.45, 2.75) is 0 Å². The molecule has 2 aromatic rings. The average molecular weight is 368 g/mol. The predicted octanol–water partition coefficient (Wildman–Crippen LogP) is 4.73. The van der Waals surface area contributed by atoms with Gasteiger partial charge in [-0.1, -0.05) is 11.6 Å². The summed E-state index contributed by atoms with van der Waals surface area (Å²) in [7, 11) is 3.12. The van der Waals surface area contributed by atoms with Gasteiger partial charge in [-0.15, -0.1) is 0 Å². The topological polar surface area (TPSA) is 54.3 Å². The molecule has 2 aromatic carbocycles. The standard InChI is InChI=1S/C15H12BrClN2O2/c1-20-14-7-13(15(21-2)6-12(14)17)19-10-4-3-9(8-18)11(16)5-10/h3-7,19H,1-2H3. The molecule has 108 valence electrons. The van der Waals surface area contributed by atoms with E-state index in [1.54, 1.807) is 32.4 Å². The number of benzene rings is 2. The van der Waals surface area contributed by atoms with Crippen LogP contribution in [-0.4, -0.2) is 14.2 Å². The zero-order valence-corrected chi connectivity index (χ0v) is 13.7. The van der Waals surface area contributed by atoms with E-state index in [4.69, 9.17) is 26.3 Å². The Morgan fingerprint density at radius 3 is 2.43 bits per heavy atom. The Hall–Kier alpha value is -1.90. The number of ether oxygens (including phenoxy) is 2. The Morgan fingerprint density at radius 2 is 1.86 bits per heavy atom. The van der Waals surface area contributed by atoms with Crippen molar-refractivity contribution >= 4 is 38.9 Å². The van der Waals surface area contributed by atoms with Crippen LogP contribution < -0.4 is 14.8 Å². The second kappa shape index (κ2) is 6.70. The van der Waals surface area contributed by atoms with Gasteiger partial charge in [0.2, 0.25) is 0 Å². The van der Waals surface area contributed by atoms with Gasteiger partial charge >= 0.3 is 0 Å². The fourth-order valence-corrected chi connectivity index (χ4v) is 2.50. The number of nitriles is 1. The average Bonchev–Trinajstić information content (AvgIpc) is 2.48. The number of hydrogen-bond acceptors (Lipinski definition) is 4. The molecule has 0 heterocycles. The first-order valence-corrected chi connectivity index (χ1v) is 7.14. The zero-order valence-electron chi connectivity index (χ0n) is 11.4. The van der Waals surface area contributed by atoms with E-state index in [9.17, 15) is 0 Å². The van der Waals surface area contributed by atoms with Gasteiger partial charge in [-0.3, -0.25) is 0 Å². The van der Waals surface area contributed by atoms with Gasteiger partial charge in [0, 0.05) is 22.3 Å². The van der Waals surface area contributed by atoms with Crippen molar-refractivity contribution in [3.8, 4) is 17.6 Å². The molecule has 0 spiro atoms. The lowest BCUT2D eigenvalue weighted by Gasteiger charge is -2.14. The molecule has 0 radical (unpaired) electrons. The predicted molar refractivity (Wildman–Crippen MR) is 86.7 cm³/mol. The molecule has 0 amide bonds. The van der Waals surface area contributed by atoms with Gasteiger partial charge in [-0.05, 0) is 34.1 Å². The summed E-state index contributed by atoms with van der Waals surface area (Å²) < 4.78 is 11.2. The highest BCUT2D eigenvalue weighted by molar-refractivity contribution is 9.10. The molecule has 0 atom stereocenters. The SMILES string of the molecule is COc1cc(Nc2ccc(C#N)c(Br)c2)c(OC)cc1Cl. The van der Waals surface area contributed by atoms with Crippen LogP contribution in [-0.2, 0) is 0 Å². The third kappa shape index (κ3) is 3.41. The maximum atomic E-state index is 8.93. The highest BCUT2D eigenvalue weighted by Crippen LogP contribution is 2.37. The Kier molecular flexibility index (Phi) is 4.94. The van der Waals surface area contributed by atoms with E-state index < -0.39 is 0 Å². The molecular formula is C15H12BrClN2O2. The zero-order chi connectivity index (χ0) is 15.4. The first kappa shape index (κ1) is 15.5. The minimum atomic E-state index is 0.473. The molecule has 2 rings (SSSR count). The highest BCUT2D eigenvalue weighted by Gasteiger charge is 2.10. The summed E-state index contributed by atoms with van der Waals surface area (Å²) in [6, 6.07) is 10.9. The normalized spacial score (nSPS) is 9.86. The van der Waals surface area contributed by atoms with Crippen molar-refractivity contribution in [1.29, 1.82) is 5.26 Å². The summed E-state index contributed by atoms with van der Waals surface area (Å²) in [4.78, 5) is 0. The van der Waals surface area contributed by atoms with Crippen LogP contribution in [0.4, 0.5) is 11.4 Å². The monoisotopic (exact) mass is 366 g/mol. The van der Waals surface area contributed by atoms with Crippen molar-refractivity contribution in [3.05, 3.63) is 45.4 Å². The quantitative estimate of drug-likeness (QED) is 0.848. The molecule has 0 saturated carbocycles. The van der Waals surface area contributed by atoms with E-state index >= 15 is 0 Å². The molecule has 0 unspecified atom stereocenters. The molecule has 0 bridgehead atoms. The fourth-order valence-electron chi connectivity index (χ4n) is 1.80. The van der Waals surface area contributed by atoms with Gasteiger partial charge in [0.1, 0.15) is 17.6 Å². The van der Waals surface area contributed by atoms with Crippen molar-refractivity contribution in [1.82, 2.24) is 0 Å². The molecule has 0 aliphatic heterocycles. The largest absolute Gasteiger partial charge is 0.495 e. The number of methoxy groups -OCH3 is 2. The van der Waals surface area contributed by atoms with Crippen LogP contribution in [0.5, 0.6) is 11.5 Å². The van der Waals surface area contributed by atoms with E-state index in [0.29, 0.717) is 22.1 Å². The molecule has 0 aliphatic carbocycles. The van der Waals surface area contributed by atoms with Crippen molar-refractivity contribution in [2.24, 2.45) is 0 Å². The van der Waals surface area contributed by atoms with E-state index in [1.807, 2.05) is 12.1 Å². The van der Waals surface area contributed by atoms with Crippen molar-refractivity contribution in [2.75, 3.05) is 19.5 Å². The van der Waals surface area contributed by atoms with Gasteiger partial charge in [0.05, 0.1) is 30.5 Å². The number of halogens is 2. The number of hydrogen-bond donors (Lipinski definition) is 1. The van der Waals surface area contributed by atoms with Crippen LogP contribution in [0.2, 0.25) is 5.02 Å². The van der Waals surface area contributed by atoms with E-state index in [0.717, 1.165) is 15.8 Å². The van der Waals surface area contributed by atoms with E-state index in [-0.39, 0.29) is 0 Å². The van der Waals surface area contributed by atoms with Crippen LogP contribution >= 0.6 is 27.5 Å². The molecule has 0 fully saturated rings. The van der Waals surface area contributed by atoms with Gasteiger partial charge in [0.15, 0.2) is 0 Å². The summed E-state index contributed by atoms with van der Waals surface area (Å²) >= 11 is 9.43. The van der Waals surface area contributed by atoms with Gasteiger partial charge in [-0.25, -0.2) is 0 Å². The number of nitrogens with zero attached hydrogens (tertiary/aromatic N) is 1. The minimum Gasteiger partial charge on any atom is -0.495 e. The van der Waals surface area contributed by atoms with E-state index in [1.165, 1.54) is 0 Å². The van der Waals surface area contributed by atoms with Crippen molar-refractivity contribution < 1.29 is 9.47 Å². The third-order valence-electron chi connectivity index (χ3n) is 2.84. The van der Waals surface area contributed by atoms with E-state index in [2.05, 4.69) is 27.3 Å². The first-order valence-electron chi connectivity index (χ1n) is 5.97. The summed E-state index contributed by atoms with van der Waals surface area (Å²) in [6.45, 7) is 0. The Labute approximate surface area is 136 Å². The minimum absolute atomic E-state index is 0.473. The van der Waals surface area contributed by atoms with Gasteiger partial charge in [-0.2, -0.15) is 5.26 Å². The summed E-state index contributed by atoms with van der Waals surface area (Å²) in [5.74, 6) is 1.15. The number of nitrogens with one attached hydrogen (secondary N) is 1. The lowest BCUT2D eigenvalue weighted by molar-refractivity contribution is 0.405. The fraction of sp³-hybridized carbons (Fsp3) is 0.133. The van der Waals surface area contributed by atoms with Crippen molar-refractivity contribution in [3.63, 3.8) is 0 Å². The molecule has 0 saturated heterocycles. The van der Waals surface area contributed by atoms with Crippen LogP contribution in [0.25, 0.3) is 0 Å². The van der Waals surface area contributed by atoms with Crippen LogP contribution in [0.3, 0.4) is 0 Å². The highest BCUT2D eigenvalue weighted by atomic mass is 79.9. The Balaban J connectivity index is 2.39. The number of anilines is 2. The molecule has 0 aliphatic rings. The maximum absolute atomic E-state index is 8.93. The molecular weight excluding hydrogens is 356 g/mol. The molecule has 1 N–H and O–H groups in total. The van der Waals surface area contributed by atoms with Crippen LogP contribution in [0, 0.1) is 11.3 Å². The smallest absolute Gasteiger partial charge is 0.144 e. The second-order valence-corrected chi connectivity index (χ2v) is 5.38. The lowest BCUT2D eigenvalue weighted by Crippen LogP contribution is -1.97. The van der Waals surface area contributed by atoms with Crippen LogP contribution in [0.1, 0.15) is 5.56 Å². The first-order chi connectivity index (χ1) is 10.1. The van der Waals surface area contributed by atoms with Gasteiger partial charge < -0.3 is 14.8 Å². The molecule has 0 aromatic heterocycles. The summed E-state index contributed by atoms with van der Waals surface area (Å²) in [6.07, 6.45) is 0. The van der Waals surface area contributed by atoms with Gasteiger partial charge in [0.25, 0.3) is 0 Å². The molecule has 4 nitrogen and oxygen atoms in total. The lowest BCUT2D eigenvalue weighted by atomic mass is 10.2. The molecule has 6 heteroatoms. The second-order valence-electron chi connectivity index (χ2n) is 4.12. The number of rotatable bonds is 4. The summed E-state index contributed by atoms with van der Waals surface area (Å²) in [5, 5.41) is 12.6. The maximum Gasteiger partial charge on any atom is 0.144 e. The summed E-state index contributed by atoms with van der Waals surface area (Å²) in [5.41, 5.74) is 2.10. The molecule has 21 heavy (non-hydrogen) atoms. The van der Waals surface area contributed by atoms with Crippen LogP contribution in [0.15, 0.2) is 34.8 Å². The Bertz CT molecular complexity index is 714. The Morgan fingerprint density at radius 1 is 1.14 bits per heavy atom.